The van der Waals surface area contributed by atoms with Gasteiger partial charge in [-0.2, -0.15) is 0 Å². The molecule has 5 nitrogen and oxygen atoms in total. The molecule has 2 aromatic rings. The fraction of sp³-hybridized carbons (Fsp3) is 0.300. The summed E-state index contributed by atoms with van der Waals surface area (Å²) in [6.45, 7) is 4.67. The van der Waals surface area contributed by atoms with Gasteiger partial charge in [0.15, 0.2) is 0 Å². The molecule has 138 valence electrons. The second-order valence-corrected chi connectivity index (χ2v) is 6.72. The quantitative estimate of drug-likeness (QED) is 0.774. The summed E-state index contributed by atoms with van der Waals surface area (Å²) in [5, 5.41) is 6.19. The van der Waals surface area contributed by atoms with Crippen molar-refractivity contribution in [2.24, 2.45) is 0 Å². The molecule has 2 aromatic carbocycles. The van der Waals surface area contributed by atoms with Crippen molar-refractivity contribution in [1.29, 1.82) is 0 Å². The molecule has 0 aliphatic heterocycles. The van der Waals surface area contributed by atoms with Gasteiger partial charge in [0.1, 0.15) is 0 Å². The Morgan fingerprint density at radius 2 is 1.62 bits per heavy atom. The van der Waals surface area contributed by atoms with E-state index >= 15 is 0 Å². The summed E-state index contributed by atoms with van der Waals surface area (Å²) in [7, 11) is 1.81. The van der Waals surface area contributed by atoms with Crippen LogP contribution in [-0.4, -0.2) is 36.9 Å². The van der Waals surface area contributed by atoms with E-state index in [1.165, 1.54) is 0 Å². The van der Waals surface area contributed by atoms with Crippen LogP contribution in [0.2, 0.25) is 5.02 Å². The van der Waals surface area contributed by atoms with Gasteiger partial charge in [-0.15, -0.1) is 0 Å². The monoisotopic (exact) mass is 373 g/mol. The van der Waals surface area contributed by atoms with Gasteiger partial charge >= 0.3 is 0 Å². The number of carbonyl (C=O) groups is 2. The largest absolute Gasteiger partial charge is 0.325 e. The molecule has 2 N–H and O–H groups in total. The minimum Gasteiger partial charge on any atom is -0.325 e. The van der Waals surface area contributed by atoms with Crippen LogP contribution in [-0.2, 0) is 9.59 Å². The molecule has 0 atom stereocenters. The highest BCUT2D eigenvalue weighted by molar-refractivity contribution is 6.33. The zero-order valence-corrected chi connectivity index (χ0v) is 16.1. The van der Waals surface area contributed by atoms with Crippen LogP contribution < -0.4 is 10.6 Å². The first-order valence-corrected chi connectivity index (χ1v) is 8.83. The van der Waals surface area contributed by atoms with E-state index < -0.39 is 0 Å². The molecular formula is C20H24ClN3O2. The number of halogens is 1. The van der Waals surface area contributed by atoms with Crippen LogP contribution in [0.3, 0.4) is 0 Å². The summed E-state index contributed by atoms with van der Waals surface area (Å²) in [5.41, 5.74) is 3.60. The molecule has 0 aliphatic rings. The van der Waals surface area contributed by atoms with Gasteiger partial charge in [-0.1, -0.05) is 35.9 Å². The number of amides is 2. The molecule has 0 aliphatic carbocycles. The number of aryl methyl sites for hydroxylation is 1. The average Bonchev–Trinajstić information content (AvgIpc) is 2.59. The summed E-state index contributed by atoms with van der Waals surface area (Å²) >= 11 is 6.02. The summed E-state index contributed by atoms with van der Waals surface area (Å²) in [6.07, 6.45) is 0.276. The summed E-state index contributed by atoms with van der Waals surface area (Å²) in [6, 6.07) is 12.9. The van der Waals surface area contributed by atoms with Crippen LogP contribution in [0.4, 0.5) is 11.4 Å². The number of anilines is 2. The molecule has 2 amide bonds. The first kappa shape index (κ1) is 19.9. The average molecular weight is 374 g/mol. The van der Waals surface area contributed by atoms with Gasteiger partial charge in [0.05, 0.1) is 17.3 Å². The van der Waals surface area contributed by atoms with Crippen LogP contribution >= 0.6 is 11.6 Å². The van der Waals surface area contributed by atoms with Gasteiger partial charge in [-0.05, 0) is 50.2 Å². The third-order valence-corrected chi connectivity index (χ3v) is 4.49. The molecule has 0 bridgehead atoms. The smallest absolute Gasteiger partial charge is 0.238 e. The topological polar surface area (TPSA) is 61.4 Å². The third kappa shape index (κ3) is 5.86. The van der Waals surface area contributed by atoms with Gasteiger partial charge in [-0.25, -0.2) is 0 Å². The minimum absolute atomic E-state index is 0.104. The van der Waals surface area contributed by atoms with Gasteiger partial charge in [0.25, 0.3) is 0 Å². The van der Waals surface area contributed by atoms with Gasteiger partial charge in [-0.3, -0.25) is 14.5 Å². The van der Waals surface area contributed by atoms with E-state index in [9.17, 15) is 9.59 Å². The van der Waals surface area contributed by atoms with Crippen molar-refractivity contribution < 1.29 is 9.59 Å². The van der Waals surface area contributed by atoms with Crippen molar-refractivity contribution in [3.63, 3.8) is 0 Å². The summed E-state index contributed by atoms with van der Waals surface area (Å²) < 4.78 is 0. The van der Waals surface area contributed by atoms with Crippen molar-refractivity contribution in [2.45, 2.75) is 20.3 Å². The zero-order valence-electron chi connectivity index (χ0n) is 15.3. The lowest BCUT2D eigenvalue weighted by Gasteiger charge is -2.17. The Kier molecular flexibility index (Phi) is 7.18. The fourth-order valence-corrected chi connectivity index (χ4v) is 2.65. The highest BCUT2D eigenvalue weighted by Crippen LogP contribution is 2.20. The predicted octanol–water partition coefficient (Wildman–Crippen LogP) is 3.86. The van der Waals surface area contributed by atoms with Crippen LogP contribution in [0.5, 0.6) is 0 Å². The lowest BCUT2D eigenvalue weighted by atomic mass is 10.1. The lowest BCUT2D eigenvalue weighted by molar-refractivity contribution is -0.119. The van der Waals surface area contributed by atoms with E-state index in [1.807, 2.05) is 50.1 Å². The van der Waals surface area contributed by atoms with Crippen molar-refractivity contribution in [3.05, 3.63) is 58.6 Å². The van der Waals surface area contributed by atoms with Crippen molar-refractivity contribution >= 4 is 34.8 Å². The molecule has 0 radical (unpaired) electrons. The molecule has 0 spiro atoms. The predicted molar refractivity (Wildman–Crippen MR) is 107 cm³/mol. The molecule has 2 rings (SSSR count). The number of nitrogens with one attached hydrogen (secondary N) is 2. The maximum atomic E-state index is 12.2. The molecule has 26 heavy (non-hydrogen) atoms. The van der Waals surface area contributed by atoms with E-state index in [4.69, 9.17) is 11.6 Å². The second kappa shape index (κ2) is 9.36. The number of hydrogen-bond acceptors (Lipinski definition) is 3. The van der Waals surface area contributed by atoms with Crippen LogP contribution in [0.15, 0.2) is 42.5 Å². The van der Waals surface area contributed by atoms with Gasteiger partial charge < -0.3 is 10.6 Å². The van der Waals surface area contributed by atoms with Crippen molar-refractivity contribution in [3.8, 4) is 0 Å². The van der Waals surface area contributed by atoms with Crippen LogP contribution in [0.25, 0.3) is 0 Å². The Hall–Kier alpha value is -2.37. The molecular weight excluding hydrogens is 350 g/mol. The molecule has 0 fully saturated rings. The van der Waals surface area contributed by atoms with Crippen LogP contribution in [0.1, 0.15) is 17.5 Å². The fourth-order valence-electron chi connectivity index (χ4n) is 2.47. The third-order valence-electron chi connectivity index (χ3n) is 4.16. The number of likely N-dealkylation sites (N-methyl/N-ethyl adjacent to an activating group) is 1. The second-order valence-electron chi connectivity index (χ2n) is 6.31. The maximum Gasteiger partial charge on any atom is 0.238 e. The number of benzene rings is 2. The Morgan fingerprint density at radius 3 is 2.35 bits per heavy atom. The Balaban J connectivity index is 1.78. The number of hydrogen-bond donors (Lipinski definition) is 2. The van der Waals surface area contributed by atoms with Crippen molar-refractivity contribution in [1.82, 2.24) is 4.90 Å². The van der Waals surface area contributed by atoms with E-state index in [1.54, 1.807) is 18.2 Å². The summed E-state index contributed by atoms with van der Waals surface area (Å²) in [4.78, 5) is 26.0. The maximum absolute atomic E-state index is 12.2. The zero-order chi connectivity index (χ0) is 19.1. The lowest BCUT2D eigenvalue weighted by Crippen LogP contribution is -2.32. The molecule has 0 aromatic heterocycles. The Bertz CT molecular complexity index is 792. The van der Waals surface area contributed by atoms with E-state index in [0.717, 1.165) is 16.8 Å². The number of para-hydroxylation sites is 1. The SMILES string of the molecule is Cc1cccc(NC(=O)CN(C)CCC(=O)Nc2ccccc2Cl)c1C. The Labute approximate surface area is 159 Å². The van der Waals surface area contributed by atoms with Gasteiger partial charge in [0, 0.05) is 18.7 Å². The van der Waals surface area contributed by atoms with E-state index in [2.05, 4.69) is 10.6 Å². The normalized spacial score (nSPS) is 10.7. The van der Waals surface area contributed by atoms with E-state index in [-0.39, 0.29) is 24.8 Å². The molecule has 0 saturated carbocycles. The number of rotatable bonds is 7. The first-order chi connectivity index (χ1) is 12.4. The van der Waals surface area contributed by atoms with E-state index in [0.29, 0.717) is 17.3 Å². The number of nitrogens with zero attached hydrogens (tertiary/aromatic N) is 1. The molecule has 0 unspecified atom stereocenters. The number of carbonyl (C=O) groups excluding carboxylic acids is 2. The minimum atomic E-state index is -0.139. The Morgan fingerprint density at radius 1 is 0.962 bits per heavy atom. The highest BCUT2D eigenvalue weighted by atomic mass is 35.5. The highest BCUT2D eigenvalue weighted by Gasteiger charge is 2.11. The standard InChI is InChI=1S/C20H24ClN3O2/c1-14-7-6-10-17(15(14)2)22-20(26)13-24(3)12-11-19(25)23-18-9-5-4-8-16(18)21/h4-10H,11-13H2,1-3H3,(H,22,26)(H,23,25). The van der Waals surface area contributed by atoms with Crippen molar-refractivity contribution in [2.75, 3.05) is 30.8 Å². The first-order valence-electron chi connectivity index (χ1n) is 8.46. The summed E-state index contributed by atoms with van der Waals surface area (Å²) in [5.74, 6) is -0.243. The van der Waals surface area contributed by atoms with Crippen LogP contribution in [0, 0.1) is 13.8 Å². The molecule has 6 heteroatoms. The molecule has 0 saturated heterocycles. The molecule has 0 heterocycles. The van der Waals surface area contributed by atoms with Gasteiger partial charge in [0.2, 0.25) is 11.8 Å².